The molecule has 0 aromatic heterocycles. The van der Waals surface area contributed by atoms with E-state index in [0.29, 0.717) is 13.0 Å². The number of hydrogen-bond donors (Lipinski definition) is 2. The van der Waals surface area contributed by atoms with E-state index < -0.39 is 17.6 Å². The summed E-state index contributed by atoms with van der Waals surface area (Å²) in [7, 11) is 1.60. The van der Waals surface area contributed by atoms with Crippen molar-refractivity contribution < 1.29 is 29.2 Å². The molecule has 0 bridgehead atoms. The molecule has 6 heteroatoms. The molecule has 2 atom stereocenters. The number of rotatable bonds is 10. The van der Waals surface area contributed by atoms with Crippen LogP contribution >= 0.6 is 0 Å². The molecule has 146 valence electrons. The van der Waals surface area contributed by atoms with E-state index in [9.17, 15) is 15.0 Å². The zero-order valence-electron chi connectivity index (χ0n) is 16.0. The van der Waals surface area contributed by atoms with Crippen LogP contribution in [-0.2, 0) is 20.9 Å². The largest absolute Gasteiger partial charge is 0.497 e. The standard InChI is InChI=1S/C20H30O6/c1-20(2,3)19(23)25-12-6-5-7-18(17(22)13-21)26-14-15-8-10-16(24-4)11-9-15/h5-6,8-11,17-18,21-22H,7,12-14H2,1-4H3/t17-,18+/m1/s1. The highest BCUT2D eigenvalue weighted by Gasteiger charge is 2.22. The van der Waals surface area contributed by atoms with E-state index in [1.54, 1.807) is 40.0 Å². The summed E-state index contributed by atoms with van der Waals surface area (Å²) in [6.07, 6.45) is 2.32. The zero-order chi connectivity index (χ0) is 19.6. The molecule has 1 aromatic rings. The Morgan fingerprint density at radius 3 is 2.38 bits per heavy atom. The Morgan fingerprint density at radius 2 is 1.85 bits per heavy atom. The monoisotopic (exact) mass is 366 g/mol. The molecule has 0 saturated carbocycles. The Hall–Kier alpha value is -1.89. The number of esters is 1. The van der Waals surface area contributed by atoms with Gasteiger partial charge in [0.25, 0.3) is 0 Å². The maximum Gasteiger partial charge on any atom is 0.311 e. The lowest BCUT2D eigenvalue weighted by atomic mass is 9.97. The summed E-state index contributed by atoms with van der Waals surface area (Å²) in [5, 5.41) is 19.1. The average Bonchev–Trinajstić information content (AvgIpc) is 2.62. The third kappa shape index (κ3) is 7.99. The van der Waals surface area contributed by atoms with Gasteiger partial charge in [0.2, 0.25) is 0 Å². The molecule has 6 nitrogen and oxygen atoms in total. The maximum absolute atomic E-state index is 11.7. The van der Waals surface area contributed by atoms with E-state index >= 15 is 0 Å². The van der Waals surface area contributed by atoms with Gasteiger partial charge in [0, 0.05) is 0 Å². The molecule has 0 aliphatic carbocycles. The van der Waals surface area contributed by atoms with Gasteiger partial charge in [-0.1, -0.05) is 24.3 Å². The normalized spacial score (nSPS) is 14.2. The molecule has 0 aliphatic rings. The number of benzene rings is 1. The first-order chi connectivity index (χ1) is 12.3. The second kappa shape index (κ2) is 11.0. The first-order valence-electron chi connectivity index (χ1n) is 8.63. The van der Waals surface area contributed by atoms with Crippen molar-refractivity contribution in [1.29, 1.82) is 0 Å². The highest BCUT2D eigenvalue weighted by molar-refractivity contribution is 5.75. The molecular formula is C20H30O6. The Labute approximate surface area is 155 Å². The summed E-state index contributed by atoms with van der Waals surface area (Å²) in [6, 6.07) is 7.42. The predicted octanol–water partition coefficient (Wildman–Crippen LogP) is 2.47. The van der Waals surface area contributed by atoms with Gasteiger partial charge in [0.15, 0.2) is 0 Å². The molecule has 0 heterocycles. The molecule has 2 N–H and O–H groups in total. The van der Waals surface area contributed by atoms with E-state index in [0.717, 1.165) is 11.3 Å². The summed E-state index contributed by atoms with van der Waals surface area (Å²) in [6.45, 7) is 5.45. The lowest BCUT2D eigenvalue weighted by molar-refractivity contribution is -0.151. The van der Waals surface area contributed by atoms with Crippen molar-refractivity contribution in [3.8, 4) is 5.75 Å². The number of carbonyl (C=O) groups is 1. The quantitative estimate of drug-likeness (QED) is 0.489. The van der Waals surface area contributed by atoms with Crippen molar-refractivity contribution in [2.75, 3.05) is 20.3 Å². The fourth-order valence-corrected chi connectivity index (χ4v) is 2.02. The minimum absolute atomic E-state index is 0.163. The second-order valence-electron chi connectivity index (χ2n) is 7.00. The number of hydrogen-bond acceptors (Lipinski definition) is 6. The van der Waals surface area contributed by atoms with E-state index in [-0.39, 0.29) is 19.2 Å². The molecule has 0 fully saturated rings. The number of aliphatic hydroxyl groups is 2. The fraction of sp³-hybridized carbons (Fsp3) is 0.550. The van der Waals surface area contributed by atoms with E-state index in [2.05, 4.69) is 0 Å². The third-order valence-electron chi connectivity index (χ3n) is 3.70. The van der Waals surface area contributed by atoms with Crippen LogP contribution in [0.3, 0.4) is 0 Å². The van der Waals surface area contributed by atoms with Crippen LogP contribution in [0.25, 0.3) is 0 Å². The smallest absolute Gasteiger partial charge is 0.311 e. The molecule has 0 amide bonds. The summed E-state index contributed by atoms with van der Waals surface area (Å²) in [5.74, 6) is 0.485. The van der Waals surface area contributed by atoms with Crippen molar-refractivity contribution in [3.05, 3.63) is 42.0 Å². The van der Waals surface area contributed by atoms with Crippen LogP contribution in [0.1, 0.15) is 32.8 Å². The summed E-state index contributed by atoms with van der Waals surface area (Å²) < 4.78 is 16.0. The van der Waals surface area contributed by atoms with Crippen LogP contribution in [0.2, 0.25) is 0 Å². The van der Waals surface area contributed by atoms with Gasteiger partial charge in [0.1, 0.15) is 18.5 Å². The number of ether oxygens (including phenoxy) is 3. The minimum Gasteiger partial charge on any atom is -0.497 e. The van der Waals surface area contributed by atoms with Gasteiger partial charge >= 0.3 is 5.97 Å². The molecule has 0 spiro atoms. The van der Waals surface area contributed by atoms with Gasteiger partial charge in [-0.25, -0.2) is 0 Å². The molecule has 1 aromatic carbocycles. The second-order valence-corrected chi connectivity index (χ2v) is 7.00. The van der Waals surface area contributed by atoms with Gasteiger partial charge in [0.05, 0.1) is 31.8 Å². The average molecular weight is 366 g/mol. The van der Waals surface area contributed by atoms with Crippen LogP contribution < -0.4 is 4.74 Å². The maximum atomic E-state index is 11.7. The minimum atomic E-state index is -0.991. The van der Waals surface area contributed by atoms with Crippen molar-refractivity contribution in [2.45, 2.75) is 46.0 Å². The van der Waals surface area contributed by atoms with E-state index in [4.69, 9.17) is 14.2 Å². The predicted molar refractivity (Wildman–Crippen MR) is 98.8 cm³/mol. The zero-order valence-corrected chi connectivity index (χ0v) is 16.0. The summed E-state index contributed by atoms with van der Waals surface area (Å²) in [4.78, 5) is 11.7. The highest BCUT2D eigenvalue weighted by atomic mass is 16.5. The van der Waals surface area contributed by atoms with Crippen LogP contribution in [0.4, 0.5) is 0 Å². The molecular weight excluding hydrogens is 336 g/mol. The number of aliphatic hydroxyl groups excluding tert-OH is 2. The molecule has 0 radical (unpaired) electrons. The fourth-order valence-electron chi connectivity index (χ4n) is 2.02. The van der Waals surface area contributed by atoms with Crippen LogP contribution in [-0.4, -0.2) is 48.7 Å². The van der Waals surface area contributed by atoms with Gasteiger partial charge in [-0.2, -0.15) is 0 Å². The lowest BCUT2D eigenvalue weighted by Gasteiger charge is -2.21. The van der Waals surface area contributed by atoms with Crippen LogP contribution in [0, 0.1) is 5.41 Å². The summed E-state index contributed by atoms with van der Waals surface area (Å²) in [5.41, 5.74) is 0.398. The van der Waals surface area contributed by atoms with Crippen molar-refractivity contribution in [1.82, 2.24) is 0 Å². The van der Waals surface area contributed by atoms with E-state index in [1.807, 2.05) is 24.3 Å². The first-order valence-corrected chi connectivity index (χ1v) is 8.63. The lowest BCUT2D eigenvalue weighted by Crippen LogP contribution is -2.31. The molecule has 0 saturated heterocycles. The van der Waals surface area contributed by atoms with Gasteiger partial charge in [-0.15, -0.1) is 0 Å². The topological polar surface area (TPSA) is 85.2 Å². The Bertz CT molecular complexity index is 559. The van der Waals surface area contributed by atoms with Gasteiger partial charge in [-0.3, -0.25) is 4.79 Å². The Morgan fingerprint density at radius 1 is 1.19 bits per heavy atom. The van der Waals surface area contributed by atoms with E-state index in [1.165, 1.54) is 0 Å². The third-order valence-corrected chi connectivity index (χ3v) is 3.70. The first kappa shape index (κ1) is 22.2. The number of methoxy groups -OCH3 is 1. The van der Waals surface area contributed by atoms with Crippen molar-refractivity contribution >= 4 is 5.97 Å². The van der Waals surface area contributed by atoms with Gasteiger partial charge in [-0.05, 0) is 44.9 Å². The Balaban J connectivity index is 2.48. The Kier molecular flexibility index (Phi) is 9.34. The number of carbonyl (C=O) groups excluding carboxylic acids is 1. The summed E-state index contributed by atoms with van der Waals surface area (Å²) >= 11 is 0. The highest BCUT2D eigenvalue weighted by Crippen LogP contribution is 2.16. The molecule has 26 heavy (non-hydrogen) atoms. The molecule has 0 unspecified atom stereocenters. The van der Waals surface area contributed by atoms with Crippen molar-refractivity contribution in [3.63, 3.8) is 0 Å². The van der Waals surface area contributed by atoms with Gasteiger partial charge < -0.3 is 24.4 Å². The van der Waals surface area contributed by atoms with Crippen molar-refractivity contribution in [2.24, 2.45) is 5.41 Å². The van der Waals surface area contributed by atoms with Crippen LogP contribution in [0.5, 0.6) is 5.75 Å². The molecule has 0 aliphatic heterocycles. The SMILES string of the molecule is COc1ccc(CO[C@@H](CC=CCOC(=O)C(C)(C)C)[C@H](O)CO)cc1. The van der Waals surface area contributed by atoms with Crippen LogP contribution in [0.15, 0.2) is 36.4 Å². The molecule has 1 rings (SSSR count).